The number of rotatable bonds is 2. The molecular weight excluding hydrogens is 252 g/mol. The van der Waals surface area contributed by atoms with Crippen molar-refractivity contribution in [2.45, 2.75) is 77.0 Å². The molecule has 3 nitrogen and oxygen atoms in total. The monoisotopic (exact) mass is 278 g/mol. The number of hydrogen-bond acceptors (Lipinski definition) is 3. The normalized spacial score (nSPS) is 21.4. The molecule has 0 unspecified atom stereocenters. The Morgan fingerprint density at radius 1 is 0.700 bits per heavy atom. The van der Waals surface area contributed by atoms with Gasteiger partial charge in [-0.15, -0.1) is 0 Å². The molecule has 0 saturated heterocycles. The van der Waals surface area contributed by atoms with Crippen LogP contribution < -0.4 is 0 Å². The molecule has 0 saturated carbocycles. The van der Waals surface area contributed by atoms with Gasteiger partial charge in [-0.05, 0) is 50.7 Å². The van der Waals surface area contributed by atoms with Crippen LogP contribution >= 0.6 is 0 Å². The van der Waals surface area contributed by atoms with Crippen LogP contribution in [0.15, 0.2) is 23.7 Å². The molecule has 0 aromatic heterocycles. The lowest BCUT2D eigenvalue weighted by atomic mass is 10.1. The highest BCUT2D eigenvalue weighted by Crippen LogP contribution is 2.21. The maximum Gasteiger partial charge on any atom is 0.518 e. The van der Waals surface area contributed by atoms with Gasteiger partial charge in [-0.25, -0.2) is 4.79 Å². The van der Waals surface area contributed by atoms with E-state index in [1.54, 1.807) is 0 Å². The predicted octanol–water partition coefficient (Wildman–Crippen LogP) is 5.62. The molecule has 0 aromatic carbocycles. The average Bonchev–Trinajstić information content (AvgIpc) is 2.35. The largest absolute Gasteiger partial charge is 0.518 e. The van der Waals surface area contributed by atoms with E-state index in [4.69, 9.17) is 9.47 Å². The molecule has 0 fully saturated rings. The van der Waals surface area contributed by atoms with E-state index < -0.39 is 6.16 Å². The summed E-state index contributed by atoms with van der Waals surface area (Å²) < 4.78 is 10.7. The van der Waals surface area contributed by atoms with Gasteiger partial charge in [-0.1, -0.05) is 25.7 Å². The van der Waals surface area contributed by atoms with Crippen LogP contribution in [-0.4, -0.2) is 6.16 Å². The van der Waals surface area contributed by atoms with Crippen molar-refractivity contribution >= 4 is 6.16 Å². The molecule has 0 bridgehead atoms. The molecule has 0 amide bonds. The first kappa shape index (κ1) is 15.1. The first-order valence-corrected chi connectivity index (χ1v) is 8.12. The standard InChI is InChI=1S/C17H26O3/c18-17(19-15-11-7-3-1-4-8-12-15)20-16-13-9-5-2-6-10-14-16/h11,13H,1-10,12,14H2. The van der Waals surface area contributed by atoms with Crippen molar-refractivity contribution in [1.82, 2.24) is 0 Å². The topological polar surface area (TPSA) is 35.5 Å². The van der Waals surface area contributed by atoms with Gasteiger partial charge in [0.05, 0.1) is 0 Å². The third-order valence-electron chi connectivity index (χ3n) is 3.93. The fourth-order valence-corrected chi connectivity index (χ4v) is 2.74. The molecule has 0 spiro atoms. The maximum atomic E-state index is 11.8. The van der Waals surface area contributed by atoms with Crippen LogP contribution in [0.1, 0.15) is 77.0 Å². The zero-order valence-electron chi connectivity index (χ0n) is 12.4. The number of ether oxygens (including phenoxy) is 2. The van der Waals surface area contributed by atoms with Crippen LogP contribution in [0.5, 0.6) is 0 Å². The number of carbonyl (C=O) groups is 1. The van der Waals surface area contributed by atoms with E-state index in [1.165, 1.54) is 38.5 Å². The van der Waals surface area contributed by atoms with Crippen molar-refractivity contribution in [3.8, 4) is 0 Å². The lowest BCUT2D eigenvalue weighted by Crippen LogP contribution is -2.09. The lowest BCUT2D eigenvalue weighted by molar-refractivity contribution is 0.0954. The zero-order chi connectivity index (χ0) is 14.0. The highest BCUT2D eigenvalue weighted by atomic mass is 16.7. The van der Waals surface area contributed by atoms with Gasteiger partial charge in [-0.2, -0.15) is 0 Å². The first-order valence-electron chi connectivity index (χ1n) is 8.12. The molecule has 0 aromatic rings. The van der Waals surface area contributed by atoms with E-state index >= 15 is 0 Å². The van der Waals surface area contributed by atoms with Crippen LogP contribution in [-0.2, 0) is 9.47 Å². The van der Waals surface area contributed by atoms with Gasteiger partial charge in [0, 0.05) is 12.8 Å². The first-order chi connectivity index (χ1) is 9.84. The second-order valence-corrected chi connectivity index (χ2v) is 5.70. The Hall–Kier alpha value is -1.25. The molecule has 0 N–H and O–H groups in total. The Morgan fingerprint density at radius 3 is 1.65 bits per heavy atom. The van der Waals surface area contributed by atoms with Gasteiger partial charge in [0.1, 0.15) is 11.5 Å². The quantitative estimate of drug-likeness (QED) is 0.615. The summed E-state index contributed by atoms with van der Waals surface area (Å²) in [5, 5.41) is 0. The molecule has 2 aliphatic rings. The Kier molecular flexibility index (Phi) is 6.69. The average molecular weight is 278 g/mol. The van der Waals surface area contributed by atoms with E-state index in [9.17, 15) is 4.79 Å². The number of hydrogen-bond donors (Lipinski definition) is 0. The Balaban J connectivity index is 1.81. The highest BCUT2D eigenvalue weighted by molar-refractivity contribution is 5.62. The SMILES string of the molecule is O=C(OC1=CCCCCCC1)OC1=CCCCCCC1. The van der Waals surface area contributed by atoms with E-state index in [1.807, 2.05) is 12.2 Å². The fraction of sp³-hybridized carbons (Fsp3) is 0.706. The fourth-order valence-electron chi connectivity index (χ4n) is 2.74. The van der Waals surface area contributed by atoms with Gasteiger partial charge in [-0.3, -0.25) is 0 Å². The van der Waals surface area contributed by atoms with Gasteiger partial charge in [0.25, 0.3) is 0 Å². The van der Waals surface area contributed by atoms with Crippen LogP contribution in [0.25, 0.3) is 0 Å². The van der Waals surface area contributed by atoms with E-state index in [0.717, 1.165) is 50.0 Å². The molecule has 3 heteroatoms. The third kappa shape index (κ3) is 5.81. The lowest BCUT2D eigenvalue weighted by Gasteiger charge is -2.14. The van der Waals surface area contributed by atoms with Crippen molar-refractivity contribution in [2.24, 2.45) is 0 Å². The van der Waals surface area contributed by atoms with Crippen molar-refractivity contribution in [3.63, 3.8) is 0 Å². The van der Waals surface area contributed by atoms with E-state index in [-0.39, 0.29) is 0 Å². The zero-order valence-corrected chi connectivity index (χ0v) is 12.4. The van der Waals surface area contributed by atoms with Crippen LogP contribution in [0.2, 0.25) is 0 Å². The molecule has 2 rings (SSSR count). The van der Waals surface area contributed by atoms with Crippen molar-refractivity contribution < 1.29 is 14.3 Å². The van der Waals surface area contributed by atoms with Crippen molar-refractivity contribution in [1.29, 1.82) is 0 Å². The van der Waals surface area contributed by atoms with E-state index in [0.29, 0.717) is 0 Å². The predicted molar refractivity (Wildman–Crippen MR) is 79.1 cm³/mol. The van der Waals surface area contributed by atoms with Crippen LogP contribution in [0.4, 0.5) is 4.79 Å². The highest BCUT2D eigenvalue weighted by Gasteiger charge is 2.13. The Morgan fingerprint density at radius 2 is 1.15 bits per heavy atom. The minimum absolute atomic E-state index is 0.552. The molecule has 0 heterocycles. The molecule has 2 aliphatic carbocycles. The second kappa shape index (κ2) is 8.83. The van der Waals surface area contributed by atoms with Crippen LogP contribution in [0.3, 0.4) is 0 Å². The molecule has 20 heavy (non-hydrogen) atoms. The number of carbonyl (C=O) groups excluding carboxylic acids is 1. The summed E-state index contributed by atoms with van der Waals surface area (Å²) in [4.78, 5) is 11.8. The maximum absolute atomic E-state index is 11.8. The second-order valence-electron chi connectivity index (χ2n) is 5.70. The van der Waals surface area contributed by atoms with Gasteiger partial charge in [0.15, 0.2) is 0 Å². The Labute approximate surface area is 122 Å². The molecule has 0 radical (unpaired) electrons. The molecule has 0 aliphatic heterocycles. The van der Waals surface area contributed by atoms with Crippen LogP contribution in [0, 0.1) is 0 Å². The molecule has 112 valence electrons. The third-order valence-corrected chi connectivity index (χ3v) is 3.93. The summed E-state index contributed by atoms with van der Waals surface area (Å²) in [7, 11) is 0. The summed E-state index contributed by atoms with van der Waals surface area (Å²) in [5.74, 6) is 1.59. The van der Waals surface area contributed by atoms with Gasteiger partial charge < -0.3 is 9.47 Å². The van der Waals surface area contributed by atoms with Gasteiger partial charge in [0.2, 0.25) is 0 Å². The smallest absolute Gasteiger partial charge is 0.400 e. The minimum Gasteiger partial charge on any atom is -0.400 e. The molecular formula is C17H26O3. The van der Waals surface area contributed by atoms with Gasteiger partial charge >= 0.3 is 6.16 Å². The summed E-state index contributed by atoms with van der Waals surface area (Å²) in [6.07, 6.45) is 16.8. The molecule has 0 atom stereocenters. The Bertz CT molecular complexity index is 334. The van der Waals surface area contributed by atoms with Crippen molar-refractivity contribution in [3.05, 3.63) is 23.7 Å². The van der Waals surface area contributed by atoms with Crippen molar-refractivity contribution in [2.75, 3.05) is 0 Å². The van der Waals surface area contributed by atoms with E-state index in [2.05, 4.69) is 0 Å². The summed E-state index contributed by atoms with van der Waals surface area (Å²) >= 11 is 0. The minimum atomic E-state index is -0.552. The number of allylic oxidation sites excluding steroid dienone is 4. The summed E-state index contributed by atoms with van der Waals surface area (Å²) in [6.45, 7) is 0. The summed E-state index contributed by atoms with van der Waals surface area (Å²) in [5.41, 5.74) is 0. The summed E-state index contributed by atoms with van der Waals surface area (Å²) in [6, 6.07) is 0.